The minimum Gasteiger partial charge on any atom is -0.456 e. The maximum absolute atomic E-state index is 12.7. The molecule has 8 heteroatoms. The van der Waals surface area contributed by atoms with E-state index in [4.69, 9.17) is 24.2 Å². The third-order valence-corrected chi connectivity index (χ3v) is 3.00. The fourth-order valence-corrected chi connectivity index (χ4v) is 1.94. The first-order chi connectivity index (χ1) is 9.47. The van der Waals surface area contributed by atoms with Gasteiger partial charge in [0.15, 0.2) is 0 Å². The Kier molecular flexibility index (Phi) is 4.59. The highest BCUT2D eigenvalue weighted by Gasteiger charge is 2.26. The van der Waals surface area contributed by atoms with Gasteiger partial charge in [-0.25, -0.2) is 18.6 Å². The van der Waals surface area contributed by atoms with Crippen molar-refractivity contribution in [1.82, 2.24) is 9.88 Å². The molecule has 20 heavy (non-hydrogen) atoms. The van der Waals surface area contributed by atoms with E-state index in [1.165, 1.54) is 17.2 Å². The lowest BCUT2D eigenvalue weighted by Crippen LogP contribution is -2.33. The number of aromatic nitrogens is 1. The number of ether oxygens (including phenoxy) is 1. The molecule has 2 radical (unpaired) electrons. The highest BCUT2D eigenvalue weighted by atomic mass is 35.5. The predicted molar refractivity (Wildman–Crippen MR) is 69.5 cm³/mol. The molecule has 1 aromatic rings. The molecule has 104 valence electrons. The van der Waals surface area contributed by atoms with Gasteiger partial charge in [-0.05, 0) is 11.6 Å². The lowest BCUT2D eigenvalue weighted by atomic mass is 9.87. The van der Waals surface area contributed by atoms with Crippen molar-refractivity contribution < 1.29 is 18.3 Å². The Balaban J connectivity index is 2.23. The van der Waals surface area contributed by atoms with Crippen molar-refractivity contribution in [2.24, 2.45) is 0 Å². The van der Waals surface area contributed by atoms with Gasteiger partial charge in [0.25, 0.3) is 6.43 Å². The molecule has 2 rings (SSSR count). The molecule has 4 nitrogen and oxygen atoms in total. The molecule has 0 aliphatic carbocycles. The van der Waals surface area contributed by atoms with E-state index in [0.29, 0.717) is 11.3 Å². The maximum atomic E-state index is 12.7. The van der Waals surface area contributed by atoms with E-state index in [-0.39, 0.29) is 11.8 Å². The molecule has 1 aromatic heterocycles. The number of carbonyl (C=O) groups is 1. The van der Waals surface area contributed by atoms with Crippen LogP contribution in [0.1, 0.15) is 11.5 Å². The Bertz CT molecular complexity index is 525. The number of rotatable bonds is 5. The van der Waals surface area contributed by atoms with Crippen molar-refractivity contribution in [3.63, 3.8) is 0 Å². The van der Waals surface area contributed by atoms with E-state index in [0.717, 1.165) is 6.08 Å². The van der Waals surface area contributed by atoms with Gasteiger partial charge in [0.05, 0.1) is 12.2 Å². The van der Waals surface area contributed by atoms with Crippen molar-refractivity contribution in [1.29, 1.82) is 0 Å². The third kappa shape index (κ3) is 3.48. The second-order valence-corrected chi connectivity index (χ2v) is 4.53. The van der Waals surface area contributed by atoms with Gasteiger partial charge in [0.2, 0.25) is 0 Å². The molecule has 2 heterocycles. The molecular formula is C12H10BClF2N2O2. The smallest absolute Gasteiger partial charge is 0.333 e. The van der Waals surface area contributed by atoms with E-state index < -0.39 is 24.9 Å². The normalized spacial score (nSPS) is 16.0. The van der Waals surface area contributed by atoms with Gasteiger partial charge in [0, 0.05) is 18.2 Å². The van der Waals surface area contributed by atoms with E-state index in [2.05, 4.69) is 4.98 Å². The first-order valence-corrected chi connectivity index (χ1v) is 6.14. The molecule has 1 aliphatic rings. The molecule has 0 saturated carbocycles. The Labute approximate surface area is 120 Å². The van der Waals surface area contributed by atoms with Crippen LogP contribution < -0.4 is 0 Å². The van der Waals surface area contributed by atoms with Crippen molar-refractivity contribution in [3.8, 4) is 0 Å². The Morgan fingerprint density at radius 1 is 1.50 bits per heavy atom. The highest BCUT2D eigenvalue weighted by molar-refractivity contribution is 6.29. The minimum absolute atomic E-state index is 0.0692. The van der Waals surface area contributed by atoms with E-state index in [1.54, 1.807) is 6.07 Å². The summed E-state index contributed by atoms with van der Waals surface area (Å²) in [4.78, 5) is 16.1. The summed E-state index contributed by atoms with van der Waals surface area (Å²) in [5, 5.41) is 0.278. The van der Waals surface area contributed by atoms with Crippen LogP contribution in [0.15, 0.2) is 30.1 Å². The van der Waals surface area contributed by atoms with Gasteiger partial charge in [-0.3, -0.25) is 0 Å². The zero-order chi connectivity index (χ0) is 14.7. The van der Waals surface area contributed by atoms with Gasteiger partial charge in [0.1, 0.15) is 19.6 Å². The Morgan fingerprint density at radius 2 is 2.25 bits per heavy atom. The van der Waals surface area contributed by atoms with Gasteiger partial charge in [-0.15, -0.1) is 0 Å². The zero-order valence-electron chi connectivity index (χ0n) is 10.3. The molecule has 0 bridgehead atoms. The van der Waals surface area contributed by atoms with Crippen LogP contribution in [0.3, 0.4) is 0 Å². The highest BCUT2D eigenvalue weighted by Crippen LogP contribution is 2.25. The number of hydrogen-bond acceptors (Lipinski definition) is 4. The van der Waals surface area contributed by atoms with Crippen LogP contribution in [-0.4, -0.2) is 43.3 Å². The molecule has 0 fully saturated rings. The molecular weight excluding hydrogens is 288 g/mol. The summed E-state index contributed by atoms with van der Waals surface area (Å²) in [5.74, 6) is -1.43. The average Bonchev–Trinajstić information content (AvgIpc) is 2.82. The topological polar surface area (TPSA) is 42.4 Å². The van der Waals surface area contributed by atoms with Crippen molar-refractivity contribution in [3.05, 3.63) is 40.8 Å². The summed E-state index contributed by atoms with van der Waals surface area (Å²) in [6.45, 7) is -0.674. The third-order valence-electron chi connectivity index (χ3n) is 2.78. The SMILES string of the molecule is [B]C(c1ccc(Cl)nc1)N(CC(F)F)C1=CC(=O)OC1. The van der Waals surface area contributed by atoms with E-state index in [1.807, 2.05) is 0 Å². The Morgan fingerprint density at radius 3 is 2.75 bits per heavy atom. The number of hydrogen-bond donors (Lipinski definition) is 0. The van der Waals surface area contributed by atoms with Crippen molar-refractivity contribution in [2.75, 3.05) is 13.2 Å². The number of carbonyl (C=O) groups excluding carboxylic acids is 1. The predicted octanol–water partition coefficient (Wildman–Crippen LogP) is 1.91. The fourth-order valence-electron chi connectivity index (χ4n) is 1.83. The number of nitrogens with zero attached hydrogens (tertiary/aromatic N) is 2. The van der Waals surface area contributed by atoms with Crippen LogP contribution in [-0.2, 0) is 9.53 Å². The van der Waals surface area contributed by atoms with E-state index >= 15 is 0 Å². The fraction of sp³-hybridized carbons (Fsp3) is 0.333. The van der Waals surface area contributed by atoms with Crippen LogP contribution in [0.4, 0.5) is 8.78 Å². The summed E-state index contributed by atoms with van der Waals surface area (Å²) in [6.07, 6.45) is -0.0344. The first kappa shape index (κ1) is 14.8. The lowest BCUT2D eigenvalue weighted by Gasteiger charge is -2.32. The summed E-state index contributed by atoms with van der Waals surface area (Å²) >= 11 is 5.66. The van der Waals surface area contributed by atoms with Gasteiger partial charge in [-0.1, -0.05) is 17.7 Å². The van der Waals surface area contributed by atoms with Gasteiger partial charge >= 0.3 is 5.97 Å². The molecule has 1 aliphatic heterocycles. The molecule has 0 N–H and O–H groups in total. The maximum Gasteiger partial charge on any atom is 0.333 e. The monoisotopic (exact) mass is 298 g/mol. The average molecular weight is 298 g/mol. The molecule has 1 atom stereocenters. The number of cyclic esters (lactones) is 1. The van der Waals surface area contributed by atoms with Crippen LogP contribution >= 0.6 is 11.6 Å². The van der Waals surface area contributed by atoms with Gasteiger partial charge in [-0.2, -0.15) is 0 Å². The largest absolute Gasteiger partial charge is 0.456 e. The van der Waals surface area contributed by atoms with Crippen LogP contribution in [0, 0.1) is 0 Å². The van der Waals surface area contributed by atoms with Gasteiger partial charge < -0.3 is 9.64 Å². The summed E-state index contributed by atoms with van der Waals surface area (Å²) in [5.41, 5.74) is 0.827. The van der Waals surface area contributed by atoms with Crippen LogP contribution in [0.2, 0.25) is 5.15 Å². The molecule has 0 amide bonds. The van der Waals surface area contributed by atoms with Crippen molar-refractivity contribution in [2.45, 2.75) is 12.4 Å². The van der Waals surface area contributed by atoms with Crippen molar-refractivity contribution >= 4 is 25.4 Å². The number of alkyl halides is 2. The first-order valence-electron chi connectivity index (χ1n) is 5.76. The summed E-state index contributed by atoms with van der Waals surface area (Å²) in [6, 6.07) is 3.11. The standard InChI is InChI=1S/C12H10BClF2N2O2/c13-12(7-1-2-9(14)17-4-7)18(5-10(15)16)8-3-11(19)20-6-8/h1-4,10,12H,5-6H2. The quantitative estimate of drug-likeness (QED) is 0.473. The molecule has 0 aromatic carbocycles. The summed E-state index contributed by atoms with van der Waals surface area (Å²) < 4.78 is 30.1. The van der Waals surface area contributed by atoms with Crippen LogP contribution in [0.25, 0.3) is 0 Å². The number of halogens is 3. The second kappa shape index (κ2) is 6.22. The number of pyridine rings is 1. The number of esters is 1. The second-order valence-electron chi connectivity index (χ2n) is 4.15. The Hall–Kier alpha value is -1.63. The molecule has 0 spiro atoms. The molecule has 0 saturated heterocycles. The zero-order valence-corrected chi connectivity index (χ0v) is 11.1. The minimum atomic E-state index is -2.60. The lowest BCUT2D eigenvalue weighted by molar-refractivity contribution is -0.135. The van der Waals surface area contributed by atoms with Crippen LogP contribution in [0.5, 0.6) is 0 Å². The molecule has 1 unspecified atom stereocenters. The summed E-state index contributed by atoms with van der Waals surface area (Å²) in [7, 11) is 5.96. The van der Waals surface area contributed by atoms with E-state index in [9.17, 15) is 13.6 Å².